The van der Waals surface area contributed by atoms with E-state index in [2.05, 4.69) is 25.3 Å². The summed E-state index contributed by atoms with van der Waals surface area (Å²) < 4.78 is 39.2. The molecule has 2 aromatic heterocycles. The van der Waals surface area contributed by atoms with Gasteiger partial charge in [-0.2, -0.15) is 5.21 Å². The molecule has 4 rings (SSSR count). The van der Waals surface area contributed by atoms with Crippen molar-refractivity contribution in [2.75, 3.05) is 18.9 Å². The molecule has 0 radical (unpaired) electrons. The lowest BCUT2D eigenvalue weighted by atomic mass is 10.1. The standard InChI is InChI=1S/C19H17N5O4S2.2H2/c1-27-14-6-7-15(16(11-14)28-2)17-8-9-18(29-17)30(25,26)22-13-5-3-4-12(10-13)19-20-23-24-21-19;;/h3-11,22H,1-2H3,(H,20,21,23,24);2*1H. The zero-order chi connectivity index (χ0) is 21.1. The van der Waals surface area contributed by atoms with Gasteiger partial charge in [-0.3, -0.25) is 4.72 Å². The summed E-state index contributed by atoms with van der Waals surface area (Å²) in [6.45, 7) is 0. The number of ether oxygens (including phenoxy) is 2. The van der Waals surface area contributed by atoms with Gasteiger partial charge in [0.15, 0.2) is 0 Å². The minimum absolute atomic E-state index is 0. The van der Waals surface area contributed by atoms with E-state index in [-0.39, 0.29) is 7.06 Å². The summed E-state index contributed by atoms with van der Waals surface area (Å²) in [4.78, 5) is 0.760. The van der Waals surface area contributed by atoms with Gasteiger partial charge in [-0.1, -0.05) is 12.1 Å². The van der Waals surface area contributed by atoms with Gasteiger partial charge in [0.1, 0.15) is 15.7 Å². The minimum atomic E-state index is -3.78. The summed E-state index contributed by atoms with van der Waals surface area (Å²) in [5.74, 6) is 1.63. The van der Waals surface area contributed by atoms with Crippen LogP contribution in [0, 0.1) is 0 Å². The number of hydrogen-bond acceptors (Lipinski definition) is 8. The van der Waals surface area contributed by atoms with Crippen LogP contribution in [0.4, 0.5) is 5.69 Å². The predicted molar refractivity (Wildman–Crippen MR) is 118 cm³/mol. The number of H-pyrrole nitrogens is 1. The van der Waals surface area contributed by atoms with Crippen LogP contribution in [-0.2, 0) is 10.0 Å². The normalized spacial score (nSPS) is 11.3. The third-order valence-electron chi connectivity index (χ3n) is 4.24. The smallest absolute Gasteiger partial charge is 0.271 e. The summed E-state index contributed by atoms with van der Waals surface area (Å²) in [7, 11) is -0.649. The molecule has 0 saturated carbocycles. The second-order valence-corrected chi connectivity index (χ2v) is 9.10. The van der Waals surface area contributed by atoms with E-state index in [1.54, 1.807) is 62.8 Å². The maximum absolute atomic E-state index is 12.9. The van der Waals surface area contributed by atoms with Gasteiger partial charge in [-0.15, -0.1) is 21.5 Å². The van der Waals surface area contributed by atoms with Gasteiger partial charge in [-0.05, 0) is 41.6 Å². The fourth-order valence-corrected chi connectivity index (χ4v) is 5.21. The monoisotopic (exact) mass is 447 g/mol. The first-order valence-electron chi connectivity index (χ1n) is 8.69. The highest BCUT2D eigenvalue weighted by atomic mass is 32.2. The highest BCUT2D eigenvalue weighted by molar-refractivity contribution is 7.94. The van der Waals surface area contributed by atoms with Crippen molar-refractivity contribution in [1.29, 1.82) is 0 Å². The molecule has 11 heteroatoms. The molecule has 2 heterocycles. The molecule has 0 saturated heterocycles. The maximum Gasteiger partial charge on any atom is 0.271 e. The number of benzene rings is 2. The van der Waals surface area contributed by atoms with Crippen LogP contribution in [0.1, 0.15) is 2.85 Å². The average Bonchev–Trinajstić information content (AvgIpc) is 3.46. The largest absolute Gasteiger partial charge is 0.497 e. The summed E-state index contributed by atoms with van der Waals surface area (Å²) in [6, 6.07) is 15.5. The Morgan fingerprint density at radius 3 is 2.67 bits per heavy atom. The number of aromatic nitrogens is 4. The summed E-state index contributed by atoms with van der Waals surface area (Å²) >= 11 is 1.15. The van der Waals surface area contributed by atoms with E-state index < -0.39 is 10.0 Å². The lowest BCUT2D eigenvalue weighted by Gasteiger charge is -2.09. The molecule has 0 bridgehead atoms. The van der Waals surface area contributed by atoms with Gasteiger partial charge in [0.25, 0.3) is 10.0 Å². The first-order chi connectivity index (χ1) is 14.5. The van der Waals surface area contributed by atoms with Crippen molar-refractivity contribution in [3.63, 3.8) is 0 Å². The van der Waals surface area contributed by atoms with Crippen molar-refractivity contribution in [1.82, 2.24) is 20.6 Å². The molecule has 4 aromatic rings. The molecule has 0 atom stereocenters. The van der Waals surface area contributed by atoms with Gasteiger partial charge in [0, 0.05) is 30.6 Å². The molecule has 0 unspecified atom stereocenters. The third-order valence-corrected chi connectivity index (χ3v) is 7.23. The Balaban J connectivity index is 0.00000181. The van der Waals surface area contributed by atoms with Crippen molar-refractivity contribution in [3.05, 3.63) is 54.6 Å². The number of anilines is 1. The molecule has 0 aliphatic heterocycles. The molecule has 0 spiro atoms. The van der Waals surface area contributed by atoms with Crippen molar-refractivity contribution in [2.45, 2.75) is 4.21 Å². The van der Waals surface area contributed by atoms with Crippen LogP contribution in [0.5, 0.6) is 11.5 Å². The number of sulfonamides is 1. The fourth-order valence-electron chi connectivity index (χ4n) is 2.82. The van der Waals surface area contributed by atoms with E-state index in [0.29, 0.717) is 28.6 Å². The van der Waals surface area contributed by atoms with Crippen LogP contribution in [0.25, 0.3) is 21.8 Å². The molecule has 158 valence electrons. The molecule has 30 heavy (non-hydrogen) atoms. The van der Waals surface area contributed by atoms with Crippen molar-refractivity contribution in [3.8, 4) is 33.3 Å². The number of tetrazole rings is 1. The third kappa shape index (κ3) is 3.98. The number of aromatic amines is 1. The van der Waals surface area contributed by atoms with Crippen LogP contribution in [0.2, 0.25) is 0 Å². The topological polar surface area (TPSA) is 119 Å². The molecule has 9 nitrogen and oxygen atoms in total. The Morgan fingerprint density at radius 2 is 1.93 bits per heavy atom. The molecule has 0 aliphatic carbocycles. The Morgan fingerprint density at radius 1 is 1.07 bits per heavy atom. The predicted octanol–water partition coefficient (Wildman–Crippen LogP) is 3.91. The number of methoxy groups -OCH3 is 2. The molecular weight excluding hydrogens is 426 g/mol. The summed E-state index contributed by atoms with van der Waals surface area (Å²) in [5.41, 5.74) is 1.82. The zero-order valence-corrected chi connectivity index (χ0v) is 17.6. The molecule has 0 aliphatic rings. The quantitative estimate of drug-likeness (QED) is 0.441. The highest BCUT2D eigenvalue weighted by Crippen LogP contribution is 2.38. The van der Waals surface area contributed by atoms with Gasteiger partial charge < -0.3 is 9.47 Å². The summed E-state index contributed by atoms with van der Waals surface area (Å²) in [6.07, 6.45) is 0. The second-order valence-electron chi connectivity index (χ2n) is 6.11. The van der Waals surface area contributed by atoms with Crippen molar-refractivity contribution >= 4 is 27.0 Å². The number of nitrogens with one attached hydrogen (secondary N) is 2. The molecular formula is C19H21N5O4S2. The zero-order valence-electron chi connectivity index (χ0n) is 16.0. The SMILES string of the molecule is COc1ccc(-c2ccc(S(=O)(=O)Nc3cccc(-c4nn[nH]n4)c3)s2)c(OC)c1.[HH].[HH]. The second kappa shape index (κ2) is 8.13. The molecule has 0 fully saturated rings. The van der Waals surface area contributed by atoms with E-state index in [1.807, 2.05) is 6.07 Å². The van der Waals surface area contributed by atoms with E-state index >= 15 is 0 Å². The Hall–Kier alpha value is -3.44. The van der Waals surface area contributed by atoms with Crippen LogP contribution in [0.3, 0.4) is 0 Å². The first-order valence-corrected chi connectivity index (χ1v) is 11.0. The lowest BCUT2D eigenvalue weighted by molar-refractivity contribution is 0.395. The van der Waals surface area contributed by atoms with Crippen LogP contribution in [-0.4, -0.2) is 43.3 Å². The molecule has 2 N–H and O–H groups in total. The van der Waals surface area contributed by atoms with Crippen LogP contribution >= 0.6 is 11.3 Å². The highest BCUT2D eigenvalue weighted by Gasteiger charge is 2.19. The summed E-state index contributed by atoms with van der Waals surface area (Å²) in [5, 5.41) is 13.7. The van der Waals surface area contributed by atoms with Gasteiger partial charge in [0.2, 0.25) is 5.82 Å². The Kier molecular flexibility index (Phi) is 5.38. The van der Waals surface area contributed by atoms with Crippen molar-refractivity contribution in [2.24, 2.45) is 0 Å². The fraction of sp³-hybridized carbons (Fsp3) is 0.105. The Labute approximate surface area is 179 Å². The lowest BCUT2D eigenvalue weighted by Crippen LogP contribution is -2.11. The van der Waals surface area contributed by atoms with Crippen LogP contribution in [0.15, 0.2) is 58.8 Å². The van der Waals surface area contributed by atoms with E-state index in [0.717, 1.165) is 21.8 Å². The molecule has 2 aromatic carbocycles. The van der Waals surface area contributed by atoms with E-state index in [1.165, 1.54) is 0 Å². The average molecular weight is 448 g/mol. The van der Waals surface area contributed by atoms with Gasteiger partial charge in [0.05, 0.1) is 14.2 Å². The minimum Gasteiger partial charge on any atom is -0.497 e. The number of nitrogens with zero attached hydrogens (tertiary/aromatic N) is 3. The van der Waals surface area contributed by atoms with E-state index in [4.69, 9.17) is 9.47 Å². The van der Waals surface area contributed by atoms with Gasteiger partial charge in [-0.25, -0.2) is 8.42 Å². The maximum atomic E-state index is 12.9. The number of thiophene rings is 1. The molecule has 0 amide bonds. The first kappa shape index (κ1) is 19.9. The number of hydrogen-bond donors (Lipinski definition) is 2. The van der Waals surface area contributed by atoms with E-state index in [9.17, 15) is 8.42 Å². The van der Waals surface area contributed by atoms with Crippen molar-refractivity contribution < 1.29 is 20.7 Å². The van der Waals surface area contributed by atoms with Crippen LogP contribution < -0.4 is 14.2 Å². The van der Waals surface area contributed by atoms with Gasteiger partial charge >= 0.3 is 0 Å². The number of rotatable bonds is 7. The Bertz CT molecular complexity index is 1280.